The third-order valence-corrected chi connectivity index (χ3v) is 2.35. The molecular weight excluding hydrogens is 182 g/mol. The number of para-hydroxylation sites is 1. The van der Waals surface area contributed by atoms with E-state index in [1.54, 1.807) is 6.07 Å². The van der Waals surface area contributed by atoms with Crippen LogP contribution < -0.4 is 10.5 Å². The van der Waals surface area contributed by atoms with Gasteiger partial charge in [-0.2, -0.15) is 0 Å². The maximum absolute atomic E-state index is 10.9. The molecule has 1 atom stereocenters. The Balaban J connectivity index is 2.55. The summed E-state index contributed by atoms with van der Waals surface area (Å²) in [5, 5.41) is 8.91. The second-order valence-electron chi connectivity index (χ2n) is 3.27. The molecule has 1 aliphatic rings. The van der Waals surface area contributed by atoms with Crippen LogP contribution in [0.5, 0.6) is 5.75 Å². The Morgan fingerprint density at radius 2 is 2.36 bits per heavy atom. The minimum absolute atomic E-state index is 0.113. The zero-order valence-electron chi connectivity index (χ0n) is 7.56. The van der Waals surface area contributed by atoms with Crippen LogP contribution in [0.3, 0.4) is 0 Å². The summed E-state index contributed by atoms with van der Waals surface area (Å²) in [7, 11) is 0. The van der Waals surface area contributed by atoms with Crippen LogP contribution in [0.15, 0.2) is 18.2 Å². The van der Waals surface area contributed by atoms with E-state index in [2.05, 4.69) is 0 Å². The number of nitrogens with two attached hydrogens (primary N) is 1. The Hall–Kier alpha value is -1.55. The molecule has 0 aromatic heterocycles. The van der Waals surface area contributed by atoms with Crippen molar-refractivity contribution < 1.29 is 14.6 Å². The quantitative estimate of drug-likeness (QED) is 0.702. The summed E-state index contributed by atoms with van der Waals surface area (Å²) in [5.41, 5.74) is 6.82. The first-order valence-electron chi connectivity index (χ1n) is 4.44. The molecule has 1 aromatic carbocycles. The molecule has 1 aliphatic heterocycles. The van der Waals surface area contributed by atoms with Gasteiger partial charge in [0.05, 0.1) is 6.61 Å². The van der Waals surface area contributed by atoms with Crippen molar-refractivity contribution in [2.75, 3.05) is 6.61 Å². The number of hydrogen-bond acceptors (Lipinski definition) is 3. The molecule has 4 nitrogen and oxygen atoms in total. The minimum Gasteiger partial charge on any atom is -0.492 e. The van der Waals surface area contributed by atoms with Gasteiger partial charge in [-0.3, -0.25) is 0 Å². The molecule has 0 fully saturated rings. The molecular formula is C10H11NO3. The molecule has 0 bridgehead atoms. The average Bonchev–Trinajstić information content (AvgIpc) is 2.17. The smallest absolute Gasteiger partial charge is 0.339 e. The van der Waals surface area contributed by atoms with Crippen LogP contribution in [0, 0.1) is 0 Å². The van der Waals surface area contributed by atoms with Crippen LogP contribution in [-0.2, 0) is 0 Å². The number of hydrogen-bond donors (Lipinski definition) is 2. The lowest BCUT2D eigenvalue weighted by Gasteiger charge is -2.23. The van der Waals surface area contributed by atoms with Crippen molar-refractivity contribution in [1.82, 2.24) is 0 Å². The monoisotopic (exact) mass is 193 g/mol. The molecule has 1 aromatic rings. The fourth-order valence-corrected chi connectivity index (χ4v) is 1.62. The summed E-state index contributed by atoms with van der Waals surface area (Å²) in [5.74, 6) is -0.547. The first-order valence-corrected chi connectivity index (χ1v) is 4.44. The fraction of sp³-hybridized carbons (Fsp3) is 0.300. The van der Waals surface area contributed by atoms with Crippen molar-refractivity contribution in [3.8, 4) is 5.75 Å². The largest absolute Gasteiger partial charge is 0.492 e. The van der Waals surface area contributed by atoms with Crippen molar-refractivity contribution in [3.63, 3.8) is 0 Å². The minimum atomic E-state index is -0.976. The zero-order chi connectivity index (χ0) is 10.1. The van der Waals surface area contributed by atoms with E-state index in [1.807, 2.05) is 6.07 Å². The maximum atomic E-state index is 10.9. The van der Waals surface area contributed by atoms with E-state index in [0.717, 1.165) is 12.0 Å². The lowest BCUT2D eigenvalue weighted by Crippen LogP contribution is -2.22. The second-order valence-corrected chi connectivity index (χ2v) is 3.27. The van der Waals surface area contributed by atoms with Gasteiger partial charge in [-0.05, 0) is 6.07 Å². The summed E-state index contributed by atoms with van der Waals surface area (Å²) in [6.45, 7) is 0.485. The van der Waals surface area contributed by atoms with Crippen molar-refractivity contribution in [2.24, 2.45) is 5.73 Å². The predicted molar refractivity (Wildman–Crippen MR) is 50.4 cm³/mol. The normalized spacial score (nSPS) is 19.6. The molecule has 0 spiro atoms. The molecule has 3 N–H and O–H groups in total. The summed E-state index contributed by atoms with van der Waals surface area (Å²) < 4.78 is 5.33. The molecule has 2 rings (SSSR count). The van der Waals surface area contributed by atoms with Crippen LogP contribution in [-0.4, -0.2) is 17.7 Å². The van der Waals surface area contributed by atoms with Gasteiger partial charge in [0, 0.05) is 18.0 Å². The van der Waals surface area contributed by atoms with Crippen molar-refractivity contribution in [2.45, 2.75) is 12.5 Å². The third kappa shape index (κ3) is 1.33. The number of aromatic carboxylic acids is 1. The van der Waals surface area contributed by atoms with E-state index < -0.39 is 5.97 Å². The highest BCUT2D eigenvalue weighted by Crippen LogP contribution is 2.33. The number of benzene rings is 1. The molecule has 0 saturated heterocycles. The lowest BCUT2D eigenvalue weighted by molar-refractivity contribution is 0.0691. The zero-order valence-corrected chi connectivity index (χ0v) is 7.56. The Bertz CT molecular complexity index is 376. The van der Waals surface area contributed by atoms with Crippen LogP contribution >= 0.6 is 0 Å². The molecule has 14 heavy (non-hydrogen) atoms. The number of carboxylic acid groups (broad SMARTS) is 1. The van der Waals surface area contributed by atoms with Crippen molar-refractivity contribution in [1.29, 1.82) is 0 Å². The molecule has 1 heterocycles. The third-order valence-electron chi connectivity index (χ3n) is 2.35. The highest BCUT2D eigenvalue weighted by atomic mass is 16.5. The van der Waals surface area contributed by atoms with E-state index in [-0.39, 0.29) is 11.6 Å². The highest BCUT2D eigenvalue weighted by molar-refractivity contribution is 5.91. The predicted octanol–water partition coefficient (Wildman–Crippen LogP) is 1.17. The van der Waals surface area contributed by atoms with Gasteiger partial charge in [0.2, 0.25) is 0 Å². The van der Waals surface area contributed by atoms with E-state index >= 15 is 0 Å². The van der Waals surface area contributed by atoms with E-state index in [4.69, 9.17) is 15.6 Å². The Morgan fingerprint density at radius 1 is 1.57 bits per heavy atom. The van der Waals surface area contributed by atoms with Gasteiger partial charge in [-0.25, -0.2) is 4.79 Å². The molecule has 74 valence electrons. The van der Waals surface area contributed by atoms with E-state index in [9.17, 15) is 4.79 Å². The van der Waals surface area contributed by atoms with Gasteiger partial charge in [0.25, 0.3) is 0 Å². The molecule has 0 aliphatic carbocycles. The van der Waals surface area contributed by atoms with Gasteiger partial charge in [0.1, 0.15) is 11.3 Å². The van der Waals surface area contributed by atoms with Gasteiger partial charge in [-0.15, -0.1) is 0 Å². The van der Waals surface area contributed by atoms with Crippen LogP contribution in [0.2, 0.25) is 0 Å². The highest BCUT2D eigenvalue weighted by Gasteiger charge is 2.22. The van der Waals surface area contributed by atoms with Gasteiger partial charge in [-0.1, -0.05) is 12.1 Å². The Labute approximate surface area is 81.3 Å². The standard InChI is InChI=1S/C10H11NO3/c11-8-4-5-14-9-6(8)2-1-3-7(9)10(12)13/h1-3,8H,4-5,11H2,(H,12,13). The number of ether oxygens (including phenoxy) is 1. The van der Waals surface area contributed by atoms with E-state index in [0.29, 0.717) is 12.4 Å². The Kier molecular flexibility index (Phi) is 2.13. The first kappa shape index (κ1) is 9.02. The summed E-state index contributed by atoms with van der Waals surface area (Å²) in [6.07, 6.45) is 0.732. The summed E-state index contributed by atoms with van der Waals surface area (Å²) in [4.78, 5) is 10.9. The summed E-state index contributed by atoms with van der Waals surface area (Å²) >= 11 is 0. The number of carbonyl (C=O) groups is 1. The van der Waals surface area contributed by atoms with Crippen molar-refractivity contribution in [3.05, 3.63) is 29.3 Å². The molecule has 1 unspecified atom stereocenters. The SMILES string of the molecule is NC1CCOc2c(C(=O)O)cccc21. The van der Waals surface area contributed by atoms with Gasteiger partial charge < -0.3 is 15.6 Å². The number of rotatable bonds is 1. The number of fused-ring (bicyclic) bond motifs is 1. The first-order chi connectivity index (χ1) is 6.70. The molecule has 0 saturated carbocycles. The topological polar surface area (TPSA) is 72.5 Å². The van der Waals surface area contributed by atoms with Gasteiger partial charge >= 0.3 is 5.97 Å². The maximum Gasteiger partial charge on any atom is 0.339 e. The Morgan fingerprint density at radius 3 is 3.07 bits per heavy atom. The molecule has 4 heteroatoms. The van der Waals surface area contributed by atoms with Crippen LogP contribution in [0.25, 0.3) is 0 Å². The van der Waals surface area contributed by atoms with Crippen LogP contribution in [0.4, 0.5) is 0 Å². The fourth-order valence-electron chi connectivity index (χ4n) is 1.62. The molecule has 0 amide bonds. The molecule has 0 radical (unpaired) electrons. The average molecular weight is 193 g/mol. The van der Waals surface area contributed by atoms with Gasteiger partial charge in [0.15, 0.2) is 0 Å². The lowest BCUT2D eigenvalue weighted by atomic mass is 9.98. The second kappa shape index (κ2) is 3.31. The summed E-state index contributed by atoms with van der Waals surface area (Å²) in [6, 6.07) is 4.92. The van der Waals surface area contributed by atoms with Crippen LogP contribution in [0.1, 0.15) is 28.4 Å². The number of carboxylic acids is 1. The van der Waals surface area contributed by atoms with E-state index in [1.165, 1.54) is 6.07 Å². The van der Waals surface area contributed by atoms with Crippen molar-refractivity contribution >= 4 is 5.97 Å².